The standard InChI is InChI=1S/C17H19NO2/c1-20-14-8-7-13-9-16(17(19)15(13)10-14)18-11-12-5-3-2-4-6-12/h2-8,10,16-19H,9,11H2,1H3/t16-,17-/m0/s1. The zero-order chi connectivity index (χ0) is 13.9. The number of hydrogen-bond acceptors (Lipinski definition) is 3. The lowest BCUT2D eigenvalue weighted by Gasteiger charge is -2.17. The lowest BCUT2D eigenvalue weighted by Crippen LogP contribution is -2.32. The molecule has 0 aliphatic heterocycles. The van der Waals surface area contributed by atoms with Gasteiger partial charge in [-0.2, -0.15) is 0 Å². The molecule has 2 aromatic rings. The molecule has 104 valence electrons. The number of methoxy groups -OCH3 is 1. The zero-order valence-corrected chi connectivity index (χ0v) is 11.5. The number of nitrogens with one attached hydrogen (secondary N) is 1. The number of hydrogen-bond donors (Lipinski definition) is 2. The first-order valence-electron chi connectivity index (χ1n) is 6.90. The minimum absolute atomic E-state index is 0.0670. The van der Waals surface area contributed by atoms with Gasteiger partial charge in [0.05, 0.1) is 13.2 Å². The first kappa shape index (κ1) is 13.2. The molecule has 0 unspecified atom stereocenters. The Labute approximate surface area is 119 Å². The fraction of sp³-hybridized carbons (Fsp3) is 0.294. The molecule has 1 aliphatic rings. The Morgan fingerprint density at radius 2 is 2.00 bits per heavy atom. The molecule has 0 saturated heterocycles. The number of aliphatic hydroxyl groups is 1. The van der Waals surface area contributed by atoms with Gasteiger partial charge in [0, 0.05) is 12.6 Å². The van der Waals surface area contributed by atoms with Gasteiger partial charge >= 0.3 is 0 Å². The van der Waals surface area contributed by atoms with E-state index in [0.29, 0.717) is 0 Å². The molecule has 20 heavy (non-hydrogen) atoms. The third-order valence-electron chi connectivity index (χ3n) is 3.90. The van der Waals surface area contributed by atoms with Crippen LogP contribution in [0.25, 0.3) is 0 Å². The lowest BCUT2D eigenvalue weighted by atomic mass is 10.1. The highest BCUT2D eigenvalue weighted by molar-refractivity contribution is 5.41. The van der Waals surface area contributed by atoms with Crippen molar-refractivity contribution >= 4 is 0 Å². The van der Waals surface area contributed by atoms with E-state index in [1.54, 1.807) is 7.11 Å². The number of fused-ring (bicyclic) bond motifs is 1. The first-order chi connectivity index (χ1) is 9.78. The van der Waals surface area contributed by atoms with Crippen molar-refractivity contribution in [2.45, 2.75) is 25.1 Å². The molecule has 2 atom stereocenters. The fourth-order valence-electron chi connectivity index (χ4n) is 2.76. The Morgan fingerprint density at radius 1 is 1.20 bits per heavy atom. The normalized spacial score (nSPS) is 20.7. The first-order valence-corrected chi connectivity index (χ1v) is 6.90. The van der Waals surface area contributed by atoms with Crippen molar-refractivity contribution in [2.24, 2.45) is 0 Å². The van der Waals surface area contributed by atoms with Gasteiger partial charge < -0.3 is 15.2 Å². The molecular formula is C17H19NO2. The highest BCUT2D eigenvalue weighted by atomic mass is 16.5. The third kappa shape index (κ3) is 2.55. The van der Waals surface area contributed by atoms with Crippen LogP contribution in [-0.4, -0.2) is 18.3 Å². The summed E-state index contributed by atoms with van der Waals surface area (Å²) in [5.74, 6) is 0.798. The summed E-state index contributed by atoms with van der Waals surface area (Å²) in [4.78, 5) is 0. The predicted molar refractivity (Wildman–Crippen MR) is 78.7 cm³/mol. The van der Waals surface area contributed by atoms with E-state index in [0.717, 1.165) is 24.3 Å². The smallest absolute Gasteiger partial charge is 0.119 e. The Bertz CT molecular complexity index is 583. The van der Waals surface area contributed by atoms with E-state index < -0.39 is 6.10 Å². The van der Waals surface area contributed by atoms with Crippen LogP contribution in [0.3, 0.4) is 0 Å². The molecule has 0 bridgehead atoms. The van der Waals surface area contributed by atoms with E-state index in [1.165, 1.54) is 11.1 Å². The number of benzene rings is 2. The largest absolute Gasteiger partial charge is 0.497 e. The minimum Gasteiger partial charge on any atom is -0.497 e. The van der Waals surface area contributed by atoms with Crippen LogP contribution in [0.15, 0.2) is 48.5 Å². The second-order valence-electron chi connectivity index (χ2n) is 5.19. The van der Waals surface area contributed by atoms with E-state index in [-0.39, 0.29) is 6.04 Å². The third-order valence-corrected chi connectivity index (χ3v) is 3.90. The quantitative estimate of drug-likeness (QED) is 0.896. The van der Waals surface area contributed by atoms with Gasteiger partial charge in [0.25, 0.3) is 0 Å². The second-order valence-corrected chi connectivity index (χ2v) is 5.19. The van der Waals surface area contributed by atoms with E-state index in [1.807, 2.05) is 36.4 Å². The fourth-order valence-corrected chi connectivity index (χ4v) is 2.76. The molecule has 0 aromatic heterocycles. The van der Waals surface area contributed by atoms with E-state index in [4.69, 9.17) is 4.74 Å². The van der Waals surface area contributed by atoms with Crippen molar-refractivity contribution in [1.29, 1.82) is 0 Å². The van der Waals surface area contributed by atoms with Crippen LogP contribution in [-0.2, 0) is 13.0 Å². The van der Waals surface area contributed by atoms with Crippen LogP contribution < -0.4 is 10.1 Å². The average Bonchev–Trinajstić information content (AvgIpc) is 2.82. The van der Waals surface area contributed by atoms with Crippen molar-refractivity contribution in [2.75, 3.05) is 7.11 Å². The van der Waals surface area contributed by atoms with Crippen molar-refractivity contribution in [3.8, 4) is 5.75 Å². The maximum Gasteiger partial charge on any atom is 0.119 e. The van der Waals surface area contributed by atoms with Gasteiger partial charge in [-0.05, 0) is 35.2 Å². The summed E-state index contributed by atoms with van der Waals surface area (Å²) in [5.41, 5.74) is 3.41. The molecule has 0 fully saturated rings. The predicted octanol–water partition coefficient (Wildman–Crippen LogP) is 2.44. The van der Waals surface area contributed by atoms with Crippen LogP contribution in [0.2, 0.25) is 0 Å². The van der Waals surface area contributed by atoms with Crippen LogP contribution in [0.4, 0.5) is 0 Å². The molecule has 0 saturated carbocycles. The van der Waals surface area contributed by atoms with Gasteiger partial charge in [0.1, 0.15) is 5.75 Å². The summed E-state index contributed by atoms with van der Waals surface area (Å²) in [5, 5.41) is 13.9. The van der Waals surface area contributed by atoms with Crippen molar-refractivity contribution in [1.82, 2.24) is 5.32 Å². The van der Waals surface area contributed by atoms with E-state index >= 15 is 0 Å². The SMILES string of the molecule is COc1ccc2c(c1)[C@H](O)[C@@H](NCc1ccccc1)C2. The summed E-state index contributed by atoms with van der Waals surface area (Å²) in [6, 6.07) is 16.2. The number of aliphatic hydroxyl groups excluding tert-OH is 1. The average molecular weight is 269 g/mol. The van der Waals surface area contributed by atoms with Crippen LogP contribution in [0.5, 0.6) is 5.75 Å². The van der Waals surface area contributed by atoms with Gasteiger partial charge in [0.2, 0.25) is 0 Å². The molecule has 0 spiro atoms. The Hall–Kier alpha value is -1.84. The highest BCUT2D eigenvalue weighted by Crippen LogP contribution is 2.34. The molecule has 2 N–H and O–H groups in total. The maximum atomic E-state index is 10.4. The Balaban J connectivity index is 1.69. The topological polar surface area (TPSA) is 41.5 Å². The molecule has 1 aliphatic carbocycles. The van der Waals surface area contributed by atoms with Crippen molar-refractivity contribution < 1.29 is 9.84 Å². The molecule has 3 nitrogen and oxygen atoms in total. The molecule has 2 aromatic carbocycles. The monoisotopic (exact) mass is 269 g/mol. The van der Waals surface area contributed by atoms with Crippen LogP contribution >= 0.6 is 0 Å². The summed E-state index contributed by atoms with van der Waals surface area (Å²) in [7, 11) is 1.65. The van der Waals surface area contributed by atoms with Crippen LogP contribution in [0, 0.1) is 0 Å². The molecule has 3 rings (SSSR count). The Morgan fingerprint density at radius 3 is 2.75 bits per heavy atom. The van der Waals surface area contributed by atoms with Crippen LogP contribution in [0.1, 0.15) is 22.8 Å². The summed E-state index contributed by atoms with van der Waals surface area (Å²) >= 11 is 0. The van der Waals surface area contributed by atoms with Gasteiger partial charge in [-0.15, -0.1) is 0 Å². The molecule has 0 amide bonds. The molecule has 3 heteroatoms. The van der Waals surface area contributed by atoms with Gasteiger partial charge in [-0.3, -0.25) is 0 Å². The zero-order valence-electron chi connectivity index (χ0n) is 11.5. The number of ether oxygens (including phenoxy) is 1. The summed E-state index contributed by atoms with van der Waals surface area (Å²) in [6.45, 7) is 0.772. The van der Waals surface area contributed by atoms with Gasteiger partial charge in [0.15, 0.2) is 0 Å². The highest BCUT2D eigenvalue weighted by Gasteiger charge is 2.30. The number of rotatable bonds is 4. The maximum absolute atomic E-state index is 10.4. The second kappa shape index (κ2) is 5.65. The van der Waals surface area contributed by atoms with Gasteiger partial charge in [-0.25, -0.2) is 0 Å². The van der Waals surface area contributed by atoms with Crippen molar-refractivity contribution in [3.63, 3.8) is 0 Å². The molecule has 0 radical (unpaired) electrons. The Kier molecular flexibility index (Phi) is 3.72. The van der Waals surface area contributed by atoms with Gasteiger partial charge in [-0.1, -0.05) is 36.4 Å². The van der Waals surface area contributed by atoms with E-state index in [9.17, 15) is 5.11 Å². The minimum atomic E-state index is -0.469. The lowest BCUT2D eigenvalue weighted by molar-refractivity contribution is 0.141. The molecule has 0 heterocycles. The summed E-state index contributed by atoms with van der Waals surface area (Å²) in [6.07, 6.45) is 0.386. The summed E-state index contributed by atoms with van der Waals surface area (Å²) < 4.78 is 5.22. The molecular weight excluding hydrogens is 250 g/mol. The van der Waals surface area contributed by atoms with Crippen molar-refractivity contribution in [3.05, 3.63) is 65.2 Å². The van der Waals surface area contributed by atoms with E-state index in [2.05, 4.69) is 17.4 Å².